The van der Waals surface area contributed by atoms with Gasteiger partial charge in [0.05, 0.1) is 5.69 Å². The van der Waals surface area contributed by atoms with E-state index >= 15 is 0 Å². The number of nitrogens with two attached hydrogens (primary N) is 3. The van der Waals surface area contributed by atoms with Gasteiger partial charge in [-0.15, -0.1) is 11.3 Å². The Balaban J connectivity index is 2.33. The number of aliphatic imine (C=N–C) groups is 1. The van der Waals surface area contributed by atoms with Gasteiger partial charge >= 0.3 is 0 Å². The molecule has 0 atom stereocenters. The Morgan fingerprint density at radius 3 is 2.88 bits per heavy atom. The lowest BCUT2D eigenvalue weighted by atomic mass is 10.5. The molecule has 0 spiro atoms. The SMILES string of the molecule is NC(N)=Nc1nc(CSCC/C(N)=N\S)cs1. The minimum absolute atomic E-state index is 0.0244. The van der Waals surface area contributed by atoms with E-state index in [9.17, 15) is 0 Å². The minimum Gasteiger partial charge on any atom is -0.387 e. The van der Waals surface area contributed by atoms with E-state index in [4.69, 9.17) is 17.2 Å². The normalized spacial score (nSPS) is 11.5. The smallest absolute Gasteiger partial charge is 0.212 e. The van der Waals surface area contributed by atoms with Crippen LogP contribution in [-0.2, 0) is 5.75 Å². The molecule has 0 saturated heterocycles. The van der Waals surface area contributed by atoms with Crippen LogP contribution in [0.2, 0.25) is 0 Å². The molecule has 0 fully saturated rings. The van der Waals surface area contributed by atoms with Gasteiger partial charge in [-0.3, -0.25) is 0 Å². The second kappa shape index (κ2) is 7.41. The van der Waals surface area contributed by atoms with Gasteiger partial charge in [0.15, 0.2) is 5.96 Å². The highest BCUT2D eigenvalue weighted by molar-refractivity contribution is 7.98. The zero-order chi connectivity index (χ0) is 12.7. The van der Waals surface area contributed by atoms with Crippen LogP contribution in [0.25, 0.3) is 0 Å². The van der Waals surface area contributed by atoms with Gasteiger partial charge in [-0.1, -0.05) is 0 Å². The maximum atomic E-state index is 5.51. The molecule has 0 bridgehead atoms. The summed E-state index contributed by atoms with van der Waals surface area (Å²) in [6.07, 6.45) is 0.721. The molecule has 0 saturated carbocycles. The summed E-state index contributed by atoms with van der Waals surface area (Å²) in [7, 11) is 0. The summed E-state index contributed by atoms with van der Waals surface area (Å²) in [5, 5.41) is 2.52. The number of hydrogen-bond donors (Lipinski definition) is 4. The van der Waals surface area contributed by atoms with Gasteiger partial charge in [0.2, 0.25) is 5.13 Å². The predicted molar refractivity (Wildman–Crippen MR) is 79.0 cm³/mol. The molecule has 0 unspecified atom stereocenters. The number of guanidine groups is 1. The lowest BCUT2D eigenvalue weighted by Gasteiger charge is -1.98. The van der Waals surface area contributed by atoms with Crippen molar-refractivity contribution in [2.24, 2.45) is 26.6 Å². The Morgan fingerprint density at radius 2 is 2.24 bits per heavy atom. The van der Waals surface area contributed by atoms with E-state index in [2.05, 4.69) is 27.2 Å². The standard InChI is InChI=1S/C8H14N6S3/c9-6(14-15)1-2-16-3-5-4-17-8(12-5)13-7(10)11/h4,15H,1-3H2,(H2,9,14)(H4,10,11,12,13). The number of hydrogen-bond acceptors (Lipinski definition) is 6. The summed E-state index contributed by atoms with van der Waals surface area (Å²) in [5.41, 5.74) is 17.0. The fraction of sp³-hybridized carbons (Fsp3) is 0.375. The summed E-state index contributed by atoms with van der Waals surface area (Å²) in [6.45, 7) is 0. The maximum absolute atomic E-state index is 5.51. The first-order valence-corrected chi connectivity index (χ1v) is 7.13. The van der Waals surface area contributed by atoms with E-state index in [0.717, 1.165) is 23.6 Å². The highest BCUT2D eigenvalue weighted by Gasteiger charge is 2.01. The first kappa shape index (κ1) is 14.1. The Kier molecular flexibility index (Phi) is 6.16. The molecule has 94 valence electrons. The number of aromatic nitrogens is 1. The van der Waals surface area contributed by atoms with Crippen LogP contribution < -0.4 is 17.2 Å². The van der Waals surface area contributed by atoms with Gasteiger partial charge in [0, 0.05) is 23.3 Å². The molecule has 17 heavy (non-hydrogen) atoms. The van der Waals surface area contributed by atoms with Crippen molar-refractivity contribution in [2.45, 2.75) is 12.2 Å². The van der Waals surface area contributed by atoms with Gasteiger partial charge in [0.25, 0.3) is 0 Å². The van der Waals surface area contributed by atoms with Crippen molar-refractivity contribution >= 4 is 52.8 Å². The molecular weight excluding hydrogens is 276 g/mol. The highest BCUT2D eigenvalue weighted by Crippen LogP contribution is 2.21. The summed E-state index contributed by atoms with van der Waals surface area (Å²) in [5.74, 6) is 2.25. The number of thioether (sulfide) groups is 1. The zero-order valence-electron chi connectivity index (χ0n) is 9.04. The largest absolute Gasteiger partial charge is 0.387 e. The summed E-state index contributed by atoms with van der Waals surface area (Å²) >= 11 is 6.86. The number of rotatable bonds is 6. The minimum atomic E-state index is 0.0244. The van der Waals surface area contributed by atoms with E-state index in [0.29, 0.717) is 11.0 Å². The second-order valence-electron chi connectivity index (χ2n) is 3.05. The lowest BCUT2D eigenvalue weighted by molar-refractivity contribution is 1.20. The van der Waals surface area contributed by atoms with Crippen LogP contribution >= 0.6 is 35.9 Å². The van der Waals surface area contributed by atoms with Crippen LogP contribution in [0.1, 0.15) is 12.1 Å². The molecule has 0 radical (unpaired) electrons. The molecule has 1 aromatic rings. The van der Waals surface area contributed by atoms with E-state index in [1.54, 1.807) is 11.8 Å². The van der Waals surface area contributed by atoms with Gasteiger partial charge in [-0.2, -0.15) is 16.8 Å². The van der Waals surface area contributed by atoms with Gasteiger partial charge in [0.1, 0.15) is 5.84 Å². The lowest BCUT2D eigenvalue weighted by Crippen LogP contribution is -2.21. The Labute approximate surface area is 113 Å². The molecule has 0 amide bonds. The van der Waals surface area contributed by atoms with Crippen LogP contribution in [0.15, 0.2) is 14.8 Å². The van der Waals surface area contributed by atoms with Crippen LogP contribution in [0.4, 0.5) is 5.13 Å². The Morgan fingerprint density at radius 1 is 1.47 bits per heavy atom. The van der Waals surface area contributed by atoms with Crippen molar-refractivity contribution in [1.82, 2.24) is 4.98 Å². The molecule has 0 aliphatic carbocycles. The molecule has 6 N–H and O–H groups in total. The fourth-order valence-electron chi connectivity index (χ4n) is 0.928. The van der Waals surface area contributed by atoms with E-state index in [1.807, 2.05) is 5.38 Å². The van der Waals surface area contributed by atoms with Gasteiger partial charge < -0.3 is 17.2 Å². The van der Waals surface area contributed by atoms with Crippen LogP contribution in [0.3, 0.4) is 0 Å². The molecule has 0 aliphatic rings. The first-order valence-electron chi connectivity index (χ1n) is 4.70. The molecule has 0 aromatic carbocycles. The molecular formula is C8H14N6S3. The van der Waals surface area contributed by atoms with Crippen molar-refractivity contribution in [3.05, 3.63) is 11.1 Å². The third-order valence-electron chi connectivity index (χ3n) is 1.65. The third-order valence-corrected chi connectivity index (χ3v) is 3.68. The first-order chi connectivity index (χ1) is 8.11. The number of nitrogens with zero attached hydrogens (tertiary/aromatic N) is 3. The number of thiazole rings is 1. The Hall–Kier alpha value is -0.930. The summed E-state index contributed by atoms with van der Waals surface area (Å²) in [6, 6.07) is 0. The fourth-order valence-corrected chi connectivity index (χ4v) is 2.69. The average Bonchev–Trinajstić information content (AvgIpc) is 2.70. The number of thiol groups is 1. The van der Waals surface area contributed by atoms with Crippen LogP contribution in [0, 0.1) is 0 Å². The molecule has 0 aliphatic heterocycles. The second-order valence-corrected chi connectivity index (χ2v) is 5.19. The van der Waals surface area contributed by atoms with E-state index < -0.39 is 0 Å². The van der Waals surface area contributed by atoms with E-state index in [-0.39, 0.29) is 5.96 Å². The predicted octanol–water partition coefficient (Wildman–Crippen LogP) is 0.873. The van der Waals surface area contributed by atoms with Gasteiger partial charge in [-0.05, 0) is 12.8 Å². The van der Waals surface area contributed by atoms with Crippen molar-refractivity contribution in [3.63, 3.8) is 0 Å². The van der Waals surface area contributed by atoms with Crippen molar-refractivity contribution in [2.75, 3.05) is 5.75 Å². The summed E-state index contributed by atoms with van der Waals surface area (Å²) in [4.78, 5) is 8.13. The quantitative estimate of drug-likeness (QED) is 0.268. The number of amidine groups is 1. The summed E-state index contributed by atoms with van der Waals surface area (Å²) < 4.78 is 3.59. The molecule has 1 aromatic heterocycles. The van der Waals surface area contributed by atoms with Crippen molar-refractivity contribution in [1.29, 1.82) is 0 Å². The van der Waals surface area contributed by atoms with Crippen LogP contribution in [0.5, 0.6) is 0 Å². The van der Waals surface area contributed by atoms with Crippen LogP contribution in [-0.4, -0.2) is 22.5 Å². The van der Waals surface area contributed by atoms with E-state index in [1.165, 1.54) is 11.3 Å². The topological polar surface area (TPSA) is 116 Å². The third kappa shape index (κ3) is 5.80. The molecule has 1 rings (SSSR count). The average molecular weight is 290 g/mol. The molecule has 6 nitrogen and oxygen atoms in total. The molecule has 9 heteroatoms. The van der Waals surface area contributed by atoms with Crippen molar-refractivity contribution in [3.8, 4) is 0 Å². The van der Waals surface area contributed by atoms with Gasteiger partial charge in [-0.25, -0.2) is 9.38 Å². The Bertz CT molecular complexity index is 409. The molecule has 1 heterocycles. The maximum Gasteiger partial charge on any atom is 0.212 e. The van der Waals surface area contributed by atoms with Crippen molar-refractivity contribution < 1.29 is 0 Å². The highest BCUT2D eigenvalue weighted by atomic mass is 32.2. The monoisotopic (exact) mass is 290 g/mol. The zero-order valence-corrected chi connectivity index (χ0v) is 11.6.